The number of carbonyl (C=O) groups excluding carboxylic acids is 1. The fourth-order valence-corrected chi connectivity index (χ4v) is 9.07. The van der Waals surface area contributed by atoms with Gasteiger partial charge in [-0.05, 0) is 91.8 Å². The smallest absolute Gasteiger partial charge is 0.163 e. The molecule has 4 aliphatic rings. The van der Waals surface area contributed by atoms with Gasteiger partial charge in [0, 0.05) is 12.0 Å². The van der Waals surface area contributed by atoms with Gasteiger partial charge in [-0.3, -0.25) is 4.79 Å². The zero-order valence-electron chi connectivity index (χ0n) is 19.8. The van der Waals surface area contributed by atoms with Gasteiger partial charge in [-0.1, -0.05) is 27.2 Å². The van der Waals surface area contributed by atoms with E-state index in [0.717, 1.165) is 42.4 Å². The number of carbonyl (C=O) groups is 1. The van der Waals surface area contributed by atoms with Crippen LogP contribution >= 0.6 is 0 Å². The molecule has 5 nitrogen and oxygen atoms in total. The molecule has 0 N–H and O–H groups in total. The molecule has 170 valence electrons. The second-order valence-electron chi connectivity index (χ2n) is 11.8. The topological polar surface area (TPSA) is 82.5 Å². The molecule has 9 atom stereocenters. The summed E-state index contributed by atoms with van der Waals surface area (Å²) in [5, 5.41) is 22.7. The lowest BCUT2D eigenvalue weighted by Crippen LogP contribution is -2.50. The number of ketones is 1. The van der Waals surface area contributed by atoms with Crippen molar-refractivity contribution in [1.82, 2.24) is 9.78 Å². The van der Waals surface area contributed by atoms with E-state index in [-0.39, 0.29) is 29.4 Å². The summed E-state index contributed by atoms with van der Waals surface area (Å²) in [7, 11) is 0. The van der Waals surface area contributed by atoms with Crippen molar-refractivity contribution in [3.63, 3.8) is 0 Å². The lowest BCUT2D eigenvalue weighted by molar-refractivity contribution is -0.131. The molecule has 1 unspecified atom stereocenters. The molecule has 5 rings (SSSR count). The minimum Gasteiger partial charge on any atom is -0.297 e. The summed E-state index contributed by atoms with van der Waals surface area (Å²) in [6.07, 6.45) is 10.4. The van der Waals surface area contributed by atoms with E-state index in [9.17, 15) is 10.1 Å². The Morgan fingerprint density at radius 2 is 1.88 bits per heavy atom. The summed E-state index contributed by atoms with van der Waals surface area (Å²) in [6, 6.07) is 5.55. The van der Waals surface area contributed by atoms with Crippen molar-refractivity contribution in [2.75, 3.05) is 0 Å². The molecule has 0 spiro atoms. The molecule has 1 aromatic rings. The lowest BCUT2D eigenvalue weighted by Gasteiger charge is -2.56. The van der Waals surface area contributed by atoms with E-state index in [1.807, 2.05) is 6.07 Å². The van der Waals surface area contributed by atoms with E-state index < -0.39 is 0 Å². The monoisotopic (exact) mass is 432 g/mol. The molecule has 0 bridgehead atoms. The molecule has 0 saturated heterocycles. The van der Waals surface area contributed by atoms with E-state index in [1.165, 1.54) is 49.3 Å². The van der Waals surface area contributed by atoms with Crippen molar-refractivity contribution >= 4 is 5.78 Å². The molecular formula is C27H36N4O. The van der Waals surface area contributed by atoms with Crippen LogP contribution in [-0.2, 0) is 11.3 Å². The number of fused-ring (bicyclic) bond motifs is 5. The summed E-state index contributed by atoms with van der Waals surface area (Å²) < 4.78 is 1.45. The van der Waals surface area contributed by atoms with Crippen LogP contribution in [0.15, 0.2) is 6.07 Å². The van der Waals surface area contributed by atoms with Gasteiger partial charge in [0.05, 0.1) is 0 Å². The van der Waals surface area contributed by atoms with Crippen molar-refractivity contribution in [2.45, 2.75) is 78.7 Å². The molecule has 1 aromatic heterocycles. The Hall–Kier alpha value is -2.14. The first-order valence-electron chi connectivity index (χ1n) is 12.8. The minimum absolute atomic E-state index is 0.0360. The molecule has 1 heterocycles. The van der Waals surface area contributed by atoms with Crippen LogP contribution in [-0.4, -0.2) is 15.6 Å². The highest BCUT2D eigenvalue weighted by atomic mass is 16.1. The number of nitriles is 2. The lowest BCUT2D eigenvalue weighted by atomic mass is 9.48. The Bertz CT molecular complexity index is 983. The third-order valence-electron chi connectivity index (χ3n) is 10.2. The summed E-state index contributed by atoms with van der Waals surface area (Å²) in [5.41, 5.74) is 0.568. The molecule has 4 fully saturated rings. The van der Waals surface area contributed by atoms with Crippen molar-refractivity contribution in [1.29, 1.82) is 10.5 Å². The summed E-state index contributed by atoms with van der Waals surface area (Å²) in [4.78, 5) is 13.6. The Morgan fingerprint density at radius 3 is 2.62 bits per heavy atom. The molecule has 0 amide bonds. The fraction of sp³-hybridized carbons (Fsp3) is 0.778. The maximum Gasteiger partial charge on any atom is 0.163 e. The van der Waals surface area contributed by atoms with Crippen LogP contribution in [0.3, 0.4) is 0 Å². The number of hydrogen-bond donors (Lipinski definition) is 0. The molecule has 32 heavy (non-hydrogen) atoms. The normalized spacial score (nSPS) is 42.8. The van der Waals surface area contributed by atoms with Crippen LogP contribution in [0.2, 0.25) is 0 Å². The number of hydrogen-bond acceptors (Lipinski definition) is 4. The second kappa shape index (κ2) is 8.02. The zero-order chi connectivity index (χ0) is 22.6. The number of nitrogens with zero attached hydrogens (tertiary/aromatic N) is 4. The van der Waals surface area contributed by atoms with Crippen LogP contribution in [0.25, 0.3) is 0 Å². The summed E-state index contributed by atoms with van der Waals surface area (Å²) >= 11 is 0. The predicted octanol–water partition coefficient (Wildman–Crippen LogP) is 5.35. The number of aromatic nitrogens is 2. The Labute approximate surface area is 192 Å². The van der Waals surface area contributed by atoms with Gasteiger partial charge in [0.25, 0.3) is 0 Å². The molecule has 5 heteroatoms. The second-order valence-corrected chi connectivity index (χ2v) is 11.8. The molecule has 0 aliphatic heterocycles. The molecule has 0 aromatic carbocycles. The average Bonchev–Trinajstić information content (AvgIpc) is 3.30. The van der Waals surface area contributed by atoms with Crippen molar-refractivity contribution in [2.24, 2.45) is 52.8 Å². The predicted molar refractivity (Wildman–Crippen MR) is 121 cm³/mol. The van der Waals surface area contributed by atoms with E-state index in [0.29, 0.717) is 17.5 Å². The SMILES string of the molecule is C[C@H]1CC[C@@H]2C3CC[C@@]4(C)[C@@H]([C@H](C)C[C@@H]4C(=O)Cn4nc(C#N)cc4C#N)[C@@H]3CC[C@@H]2C1. The molecular weight excluding hydrogens is 396 g/mol. The van der Waals surface area contributed by atoms with Gasteiger partial charge in [-0.25, -0.2) is 4.68 Å². The zero-order valence-corrected chi connectivity index (χ0v) is 19.8. The van der Waals surface area contributed by atoms with Gasteiger partial charge in [0.2, 0.25) is 0 Å². The van der Waals surface area contributed by atoms with E-state index in [2.05, 4.69) is 31.9 Å². The van der Waals surface area contributed by atoms with Crippen LogP contribution in [0, 0.1) is 75.4 Å². The summed E-state index contributed by atoms with van der Waals surface area (Å²) in [6.45, 7) is 7.33. The molecule has 4 saturated carbocycles. The number of Topliss-reactive ketones (excluding diaryl/α,β-unsaturated/α-hetero) is 1. The van der Waals surface area contributed by atoms with Crippen molar-refractivity contribution in [3.8, 4) is 12.1 Å². The third kappa shape index (κ3) is 3.32. The third-order valence-corrected chi connectivity index (χ3v) is 10.2. The number of rotatable bonds is 3. The summed E-state index contributed by atoms with van der Waals surface area (Å²) in [5.74, 6) is 5.85. The average molecular weight is 433 g/mol. The first kappa shape index (κ1) is 21.7. The first-order valence-corrected chi connectivity index (χ1v) is 12.8. The Morgan fingerprint density at radius 1 is 1.09 bits per heavy atom. The Balaban J connectivity index is 1.36. The molecule has 0 radical (unpaired) electrons. The maximum atomic E-state index is 13.6. The Kier molecular flexibility index (Phi) is 5.43. The van der Waals surface area contributed by atoms with E-state index >= 15 is 0 Å². The van der Waals surface area contributed by atoms with Crippen molar-refractivity contribution < 1.29 is 4.79 Å². The van der Waals surface area contributed by atoms with Crippen LogP contribution in [0.1, 0.15) is 83.5 Å². The fourth-order valence-electron chi connectivity index (χ4n) is 9.07. The molecule has 4 aliphatic carbocycles. The van der Waals surface area contributed by atoms with E-state index in [1.54, 1.807) is 0 Å². The van der Waals surface area contributed by atoms with E-state index in [4.69, 9.17) is 5.26 Å². The highest BCUT2D eigenvalue weighted by molar-refractivity contribution is 5.82. The standard InChI is InChI=1S/C27H36N4O/c1-16-4-6-21-18(10-16)5-7-23-22(21)8-9-27(3)24(11-17(2)26(23)27)25(32)15-31-20(14-29)12-19(13-28)30-31/h12,16-18,21-24,26H,4-11,15H2,1-3H3/t16-,17+,18+,21-,22?,23+,24+,26-,27+/m0/s1. The van der Waals surface area contributed by atoms with Crippen LogP contribution < -0.4 is 0 Å². The largest absolute Gasteiger partial charge is 0.297 e. The van der Waals surface area contributed by atoms with Gasteiger partial charge in [-0.2, -0.15) is 15.6 Å². The van der Waals surface area contributed by atoms with Gasteiger partial charge in [0.1, 0.15) is 24.4 Å². The maximum absolute atomic E-state index is 13.6. The highest BCUT2D eigenvalue weighted by Gasteiger charge is 2.60. The first-order chi connectivity index (χ1) is 15.4. The van der Waals surface area contributed by atoms with Crippen LogP contribution in [0.5, 0.6) is 0 Å². The minimum atomic E-state index is 0.0360. The van der Waals surface area contributed by atoms with Crippen molar-refractivity contribution in [3.05, 3.63) is 17.5 Å². The van der Waals surface area contributed by atoms with Crippen LogP contribution in [0.4, 0.5) is 0 Å². The quantitative estimate of drug-likeness (QED) is 0.645. The van der Waals surface area contributed by atoms with Gasteiger partial charge < -0.3 is 0 Å². The van der Waals surface area contributed by atoms with Gasteiger partial charge in [0.15, 0.2) is 11.5 Å². The van der Waals surface area contributed by atoms with Gasteiger partial charge >= 0.3 is 0 Å². The highest BCUT2D eigenvalue weighted by Crippen LogP contribution is 2.66. The van der Waals surface area contributed by atoms with Gasteiger partial charge in [-0.15, -0.1) is 0 Å².